The first-order valence-electron chi connectivity index (χ1n) is 3.94. The molecule has 1 aromatic carbocycles. The van der Waals surface area contributed by atoms with Crippen molar-refractivity contribution < 1.29 is 37.0 Å². The molecule has 0 aliphatic rings. The van der Waals surface area contributed by atoms with E-state index in [4.69, 9.17) is 15.3 Å². The second kappa shape index (κ2) is 37.4. The molecule has 0 bridgehead atoms. The van der Waals surface area contributed by atoms with Crippen molar-refractivity contribution in [3.63, 3.8) is 0 Å². The van der Waals surface area contributed by atoms with Crippen molar-refractivity contribution in [3.05, 3.63) is 49.1 Å². The van der Waals surface area contributed by atoms with E-state index in [0.717, 1.165) is 14.2 Å². The fourth-order valence-corrected chi connectivity index (χ4v) is 0.342. The van der Waals surface area contributed by atoms with Crippen LogP contribution in [0.3, 0.4) is 0 Å². The molecule has 0 amide bonds. The first-order chi connectivity index (χ1) is 6.91. The monoisotopic (exact) mass is 247 g/mol. The summed E-state index contributed by atoms with van der Waals surface area (Å²) in [5.74, 6) is 0. The van der Waals surface area contributed by atoms with Gasteiger partial charge in [0.25, 0.3) is 0 Å². The van der Waals surface area contributed by atoms with Crippen LogP contribution in [0.15, 0.2) is 43.0 Å². The van der Waals surface area contributed by atoms with Crippen molar-refractivity contribution in [2.45, 2.75) is 0 Å². The van der Waals surface area contributed by atoms with Crippen LogP contribution < -0.4 is 0 Å². The van der Waals surface area contributed by atoms with Crippen LogP contribution in [0, 0.1) is 6.07 Å². The summed E-state index contributed by atoms with van der Waals surface area (Å²) < 4.78 is 0. The van der Waals surface area contributed by atoms with Crippen molar-refractivity contribution in [1.29, 1.82) is 0 Å². The van der Waals surface area contributed by atoms with Crippen molar-refractivity contribution in [3.8, 4) is 0 Å². The normalized spacial score (nSPS) is 5.67. The van der Waals surface area contributed by atoms with E-state index in [-0.39, 0.29) is 28.3 Å². The van der Waals surface area contributed by atoms with E-state index in [0.29, 0.717) is 0 Å². The van der Waals surface area contributed by atoms with E-state index in [9.17, 15) is 0 Å². The number of benzene rings is 1. The minimum atomic E-state index is 0. The second-order valence-electron chi connectivity index (χ2n) is 1.55. The van der Waals surface area contributed by atoms with Gasteiger partial charge in [0.15, 0.2) is 0 Å². The minimum Gasteiger partial charge on any atom is -0.400 e. The zero-order valence-corrected chi connectivity index (χ0v) is 10.8. The average Bonchev–Trinajstić information content (AvgIpc) is 2.36. The molecule has 0 radical (unpaired) electrons. The number of aliphatic hydroxyl groups is 3. The third-order valence-corrected chi connectivity index (χ3v) is 0.736. The van der Waals surface area contributed by atoms with Crippen LogP contribution in [0.4, 0.5) is 0 Å². The number of rotatable bonds is 1. The molecule has 1 aromatic rings. The van der Waals surface area contributed by atoms with Gasteiger partial charge in [0.2, 0.25) is 0 Å². The third-order valence-electron chi connectivity index (χ3n) is 0.736. The van der Waals surface area contributed by atoms with Gasteiger partial charge in [-0.3, -0.25) is 0 Å². The van der Waals surface area contributed by atoms with Crippen LogP contribution in [-0.4, -0.2) is 36.1 Å². The van der Waals surface area contributed by atoms with E-state index in [1.807, 2.05) is 30.3 Å². The number of aliphatic hydroxyl groups excluding tert-OH is 3. The van der Waals surface area contributed by atoms with E-state index in [2.05, 4.69) is 12.6 Å². The zero-order chi connectivity index (χ0) is 11.7. The molecule has 0 aliphatic heterocycles. The van der Waals surface area contributed by atoms with Crippen LogP contribution >= 0.6 is 0 Å². The van der Waals surface area contributed by atoms with Crippen molar-refractivity contribution in [2.75, 3.05) is 20.8 Å². The van der Waals surface area contributed by atoms with E-state index >= 15 is 0 Å². The summed E-state index contributed by atoms with van der Waals surface area (Å²) in [5.41, 5.74) is 0. The summed E-state index contributed by atoms with van der Waals surface area (Å²) in [4.78, 5) is 0. The Bertz CT molecular complexity index is 130. The molecule has 4 heteroatoms. The SMILES string of the molecule is C=CCO.CO.CO.[Ti].[c-]1ccccc1. The average molecular weight is 247 g/mol. The Morgan fingerprint density at radius 2 is 1.40 bits per heavy atom. The smallest absolute Gasteiger partial charge is 0.0609 e. The van der Waals surface area contributed by atoms with Crippen LogP contribution in [0.25, 0.3) is 0 Å². The van der Waals surface area contributed by atoms with Crippen molar-refractivity contribution >= 4 is 0 Å². The molecule has 0 saturated carbocycles. The summed E-state index contributed by atoms with van der Waals surface area (Å²) in [6, 6.07) is 12.5. The predicted molar refractivity (Wildman–Crippen MR) is 58.8 cm³/mol. The fraction of sp³-hybridized carbons (Fsp3) is 0.273. The molecule has 0 aliphatic carbocycles. The first-order valence-corrected chi connectivity index (χ1v) is 3.94. The molecule has 0 aromatic heterocycles. The molecule has 0 unspecified atom stereocenters. The molecule has 0 fully saturated rings. The van der Waals surface area contributed by atoms with Gasteiger partial charge >= 0.3 is 0 Å². The van der Waals surface area contributed by atoms with Gasteiger partial charge in [-0.1, -0.05) is 6.08 Å². The molecule has 0 saturated heterocycles. The van der Waals surface area contributed by atoms with Gasteiger partial charge in [0, 0.05) is 35.9 Å². The van der Waals surface area contributed by atoms with Crippen molar-refractivity contribution in [2.24, 2.45) is 0 Å². The molecule has 3 N–H and O–H groups in total. The summed E-state index contributed by atoms with van der Waals surface area (Å²) in [5, 5.41) is 21.8. The maximum absolute atomic E-state index is 7.76. The van der Waals surface area contributed by atoms with Gasteiger partial charge < -0.3 is 15.3 Å². The summed E-state index contributed by atoms with van der Waals surface area (Å²) in [6.45, 7) is 3.31. The molecule has 86 valence electrons. The van der Waals surface area contributed by atoms with E-state index in [1.165, 1.54) is 6.08 Å². The van der Waals surface area contributed by atoms with Crippen LogP contribution in [0.1, 0.15) is 0 Å². The Morgan fingerprint density at radius 1 is 1.07 bits per heavy atom. The van der Waals surface area contributed by atoms with Crippen molar-refractivity contribution in [1.82, 2.24) is 0 Å². The Hall–Kier alpha value is -0.446. The van der Waals surface area contributed by atoms with Crippen LogP contribution in [0.5, 0.6) is 0 Å². The Labute approximate surface area is 107 Å². The largest absolute Gasteiger partial charge is 0.400 e. The molecular formula is C11H19O3Ti-. The van der Waals surface area contributed by atoms with Gasteiger partial charge in [-0.25, -0.2) is 0 Å². The van der Waals surface area contributed by atoms with Gasteiger partial charge in [-0.05, 0) is 0 Å². The Kier molecular flexibility index (Phi) is 59.9. The predicted octanol–water partition coefficient (Wildman–Crippen LogP) is 0.866. The van der Waals surface area contributed by atoms with Crippen LogP contribution in [-0.2, 0) is 21.7 Å². The molecule has 3 nitrogen and oxygen atoms in total. The standard InChI is InChI=1S/C6H5.C3H6O.2CH4O.Ti/c1-2-4-6-5-3-1;1-2-3-4;2*1-2;/h1-5H;2,4H,1,3H2;2*2H,1H3;/q-1;;;;. The summed E-state index contributed by atoms with van der Waals surface area (Å²) in [6.07, 6.45) is 1.43. The van der Waals surface area contributed by atoms with E-state index < -0.39 is 0 Å². The maximum atomic E-state index is 7.76. The molecule has 15 heavy (non-hydrogen) atoms. The second-order valence-corrected chi connectivity index (χ2v) is 1.55. The summed E-state index contributed by atoms with van der Waals surface area (Å²) in [7, 11) is 2.00. The molecule has 0 atom stereocenters. The van der Waals surface area contributed by atoms with E-state index in [1.54, 1.807) is 0 Å². The molecular weight excluding hydrogens is 228 g/mol. The number of hydrogen-bond donors (Lipinski definition) is 3. The molecule has 0 heterocycles. The Morgan fingerprint density at radius 3 is 1.47 bits per heavy atom. The molecule has 0 spiro atoms. The number of hydrogen-bond acceptors (Lipinski definition) is 3. The zero-order valence-electron chi connectivity index (χ0n) is 9.22. The van der Waals surface area contributed by atoms with Gasteiger partial charge in [-0.15, -0.1) is 6.58 Å². The molecule has 1 rings (SSSR count). The van der Waals surface area contributed by atoms with Gasteiger partial charge in [0.1, 0.15) is 0 Å². The third kappa shape index (κ3) is 42.1. The Balaban J connectivity index is -0.0000000601. The fourth-order valence-electron chi connectivity index (χ4n) is 0.342. The first kappa shape index (κ1) is 24.0. The maximum Gasteiger partial charge on any atom is 0.0609 e. The van der Waals surface area contributed by atoms with Gasteiger partial charge in [0.05, 0.1) is 6.61 Å². The van der Waals surface area contributed by atoms with Crippen LogP contribution in [0.2, 0.25) is 0 Å². The summed E-state index contributed by atoms with van der Waals surface area (Å²) >= 11 is 0. The minimum absolute atomic E-state index is 0. The van der Waals surface area contributed by atoms with Gasteiger partial charge in [-0.2, -0.15) is 36.4 Å². The topological polar surface area (TPSA) is 60.7 Å². The quantitative estimate of drug-likeness (QED) is 0.392.